The van der Waals surface area contributed by atoms with Crippen LogP contribution in [-0.2, 0) is 14.4 Å². The van der Waals surface area contributed by atoms with Crippen molar-refractivity contribution in [1.82, 2.24) is 10.3 Å². The maximum atomic E-state index is 13.1. The van der Waals surface area contributed by atoms with Gasteiger partial charge in [0.2, 0.25) is 5.91 Å². The molecule has 5 nitrogen and oxygen atoms in total. The molecular weight excluding hydrogens is 444 g/mol. The number of hydrogen-bond acceptors (Lipinski definition) is 4. The number of amides is 1. The van der Waals surface area contributed by atoms with E-state index in [4.69, 9.17) is 0 Å². The summed E-state index contributed by atoms with van der Waals surface area (Å²) >= 11 is 3.39. The molecular formula is C24H25BrN2O3. The Kier molecular flexibility index (Phi) is 6.66. The SMILES string of the molecule is C=C(C)CNC(=O)CC1CC(=O)C(c2c(C)cc(-c3ccc(Br)cn3)cc2C)C1=O. The largest absolute Gasteiger partial charge is 0.352 e. The molecule has 2 atom stereocenters. The molecule has 0 radical (unpaired) electrons. The molecule has 1 aromatic heterocycles. The number of carbonyl (C=O) groups is 3. The first-order chi connectivity index (χ1) is 14.2. The Hall–Kier alpha value is -2.60. The fourth-order valence-electron chi connectivity index (χ4n) is 4.00. The lowest BCUT2D eigenvalue weighted by molar-refractivity contribution is -0.128. The van der Waals surface area contributed by atoms with Gasteiger partial charge in [0, 0.05) is 41.5 Å². The third kappa shape index (κ3) is 4.75. The van der Waals surface area contributed by atoms with E-state index in [9.17, 15) is 14.4 Å². The third-order valence-electron chi connectivity index (χ3n) is 5.38. The smallest absolute Gasteiger partial charge is 0.220 e. The zero-order chi connectivity index (χ0) is 22.0. The number of nitrogens with one attached hydrogen (secondary N) is 1. The second-order valence-corrected chi connectivity index (χ2v) is 8.94. The quantitative estimate of drug-likeness (QED) is 0.501. The number of nitrogens with zero attached hydrogens (tertiary/aromatic N) is 1. The number of aryl methyl sites for hydroxylation is 2. The molecule has 1 amide bonds. The van der Waals surface area contributed by atoms with Crippen molar-refractivity contribution in [3.63, 3.8) is 0 Å². The molecule has 1 aliphatic carbocycles. The molecule has 1 aromatic carbocycles. The van der Waals surface area contributed by atoms with Crippen molar-refractivity contribution in [3.05, 3.63) is 63.8 Å². The highest BCUT2D eigenvalue weighted by molar-refractivity contribution is 9.10. The Labute approximate surface area is 185 Å². The Bertz CT molecular complexity index is 1000. The van der Waals surface area contributed by atoms with Crippen LogP contribution in [0.15, 0.2) is 47.1 Å². The van der Waals surface area contributed by atoms with Crippen molar-refractivity contribution in [1.29, 1.82) is 0 Å². The van der Waals surface area contributed by atoms with Gasteiger partial charge in [-0.2, -0.15) is 0 Å². The highest BCUT2D eigenvalue weighted by atomic mass is 79.9. The molecule has 0 bridgehead atoms. The van der Waals surface area contributed by atoms with E-state index < -0.39 is 11.8 Å². The maximum absolute atomic E-state index is 13.1. The van der Waals surface area contributed by atoms with Gasteiger partial charge >= 0.3 is 0 Å². The predicted octanol–water partition coefficient (Wildman–Crippen LogP) is 4.45. The van der Waals surface area contributed by atoms with E-state index in [-0.39, 0.29) is 30.3 Å². The molecule has 1 saturated carbocycles. The molecule has 0 aliphatic heterocycles. The monoisotopic (exact) mass is 468 g/mol. The van der Waals surface area contributed by atoms with E-state index >= 15 is 0 Å². The minimum absolute atomic E-state index is 0.0351. The fourth-order valence-corrected chi connectivity index (χ4v) is 4.24. The van der Waals surface area contributed by atoms with Gasteiger partial charge in [-0.05, 0) is 77.7 Å². The van der Waals surface area contributed by atoms with Crippen LogP contribution in [0.2, 0.25) is 0 Å². The molecule has 1 aliphatic rings. The van der Waals surface area contributed by atoms with Crippen LogP contribution in [0.25, 0.3) is 11.3 Å². The second-order valence-electron chi connectivity index (χ2n) is 8.03. The van der Waals surface area contributed by atoms with Gasteiger partial charge in [-0.1, -0.05) is 12.2 Å². The van der Waals surface area contributed by atoms with Crippen LogP contribution in [0.1, 0.15) is 42.4 Å². The van der Waals surface area contributed by atoms with Crippen molar-refractivity contribution in [2.24, 2.45) is 5.92 Å². The minimum Gasteiger partial charge on any atom is -0.352 e. The van der Waals surface area contributed by atoms with Gasteiger partial charge in [-0.15, -0.1) is 0 Å². The number of Topliss-reactive ketones (excluding diaryl/α,β-unsaturated/α-hetero) is 2. The van der Waals surface area contributed by atoms with Crippen LogP contribution < -0.4 is 5.32 Å². The number of carbonyl (C=O) groups excluding carboxylic acids is 3. The summed E-state index contributed by atoms with van der Waals surface area (Å²) in [5, 5.41) is 2.74. The molecule has 1 fully saturated rings. The molecule has 156 valence electrons. The summed E-state index contributed by atoms with van der Waals surface area (Å²) in [6.07, 6.45) is 1.88. The van der Waals surface area contributed by atoms with Gasteiger partial charge in [0.25, 0.3) is 0 Å². The number of benzene rings is 1. The third-order valence-corrected chi connectivity index (χ3v) is 5.85. The van der Waals surface area contributed by atoms with Crippen molar-refractivity contribution in [2.75, 3.05) is 6.54 Å². The summed E-state index contributed by atoms with van der Waals surface area (Å²) in [7, 11) is 0. The lowest BCUT2D eigenvalue weighted by Gasteiger charge is -2.17. The number of halogens is 1. The number of pyridine rings is 1. The zero-order valence-electron chi connectivity index (χ0n) is 17.4. The van der Waals surface area contributed by atoms with Crippen LogP contribution in [0, 0.1) is 19.8 Å². The predicted molar refractivity (Wildman–Crippen MR) is 120 cm³/mol. The average molecular weight is 469 g/mol. The highest BCUT2D eigenvalue weighted by Gasteiger charge is 2.43. The Morgan fingerprint density at radius 1 is 1.23 bits per heavy atom. The van der Waals surface area contributed by atoms with E-state index in [1.54, 1.807) is 6.20 Å². The molecule has 2 aromatic rings. The van der Waals surface area contributed by atoms with Gasteiger partial charge in [-0.25, -0.2) is 0 Å². The van der Waals surface area contributed by atoms with E-state index in [1.807, 2.05) is 45.0 Å². The molecule has 3 rings (SSSR count). The molecule has 2 unspecified atom stereocenters. The molecule has 1 N–H and O–H groups in total. The van der Waals surface area contributed by atoms with Crippen LogP contribution in [0.4, 0.5) is 0 Å². The standard InChI is InChI=1S/C24H25BrN2O3/c1-13(2)11-27-21(29)10-17-9-20(28)23(24(17)30)22-14(3)7-16(8-15(22)4)19-6-5-18(25)12-26-19/h5-8,12,17,23H,1,9-11H2,2-4H3,(H,27,29). The van der Waals surface area contributed by atoms with Crippen molar-refractivity contribution >= 4 is 33.4 Å². The Morgan fingerprint density at radius 3 is 2.47 bits per heavy atom. The minimum atomic E-state index is -0.795. The number of aromatic nitrogens is 1. The zero-order valence-corrected chi connectivity index (χ0v) is 19.0. The Balaban J connectivity index is 1.83. The van der Waals surface area contributed by atoms with Crippen molar-refractivity contribution in [2.45, 2.75) is 39.5 Å². The van der Waals surface area contributed by atoms with Gasteiger partial charge in [0.05, 0.1) is 5.69 Å². The lowest BCUT2D eigenvalue weighted by Crippen LogP contribution is -2.28. The van der Waals surface area contributed by atoms with Crippen LogP contribution >= 0.6 is 15.9 Å². The van der Waals surface area contributed by atoms with Crippen molar-refractivity contribution < 1.29 is 14.4 Å². The van der Waals surface area contributed by atoms with E-state index in [0.717, 1.165) is 38.0 Å². The van der Waals surface area contributed by atoms with E-state index in [2.05, 4.69) is 32.8 Å². The topological polar surface area (TPSA) is 76.1 Å². The fraction of sp³-hybridized carbons (Fsp3) is 0.333. The van der Waals surface area contributed by atoms with Gasteiger partial charge in [0.15, 0.2) is 5.78 Å². The Morgan fingerprint density at radius 2 is 1.90 bits per heavy atom. The first-order valence-electron chi connectivity index (χ1n) is 9.88. The normalized spacial score (nSPS) is 18.5. The summed E-state index contributed by atoms with van der Waals surface area (Å²) in [6, 6.07) is 7.77. The highest BCUT2D eigenvalue weighted by Crippen LogP contribution is 2.38. The van der Waals surface area contributed by atoms with Crippen molar-refractivity contribution in [3.8, 4) is 11.3 Å². The molecule has 30 heavy (non-hydrogen) atoms. The van der Waals surface area contributed by atoms with Crippen LogP contribution in [-0.4, -0.2) is 29.0 Å². The summed E-state index contributed by atoms with van der Waals surface area (Å²) in [6.45, 7) is 9.77. The average Bonchev–Trinajstić information content (AvgIpc) is 2.94. The van der Waals surface area contributed by atoms with E-state index in [0.29, 0.717) is 6.54 Å². The summed E-state index contributed by atoms with van der Waals surface area (Å²) in [4.78, 5) is 42.4. The number of hydrogen-bond donors (Lipinski definition) is 1. The van der Waals surface area contributed by atoms with E-state index in [1.165, 1.54) is 0 Å². The maximum Gasteiger partial charge on any atom is 0.220 e. The lowest BCUT2D eigenvalue weighted by atomic mass is 9.85. The summed E-state index contributed by atoms with van der Waals surface area (Å²) in [5.74, 6) is -1.87. The molecule has 0 saturated heterocycles. The number of rotatable bonds is 6. The van der Waals surface area contributed by atoms with Crippen LogP contribution in [0.5, 0.6) is 0 Å². The van der Waals surface area contributed by atoms with Gasteiger partial charge in [0.1, 0.15) is 11.7 Å². The summed E-state index contributed by atoms with van der Waals surface area (Å²) < 4.78 is 0.900. The summed E-state index contributed by atoms with van der Waals surface area (Å²) in [5.41, 5.74) is 5.13. The van der Waals surface area contributed by atoms with Gasteiger partial charge < -0.3 is 5.32 Å². The van der Waals surface area contributed by atoms with Gasteiger partial charge in [-0.3, -0.25) is 19.4 Å². The number of ketones is 2. The first-order valence-corrected chi connectivity index (χ1v) is 10.7. The second kappa shape index (κ2) is 9.04. The molecule has 1 heterocycles. The molecule has 0 spiro atoms. The molecule has 6 heteroatoms. The first kappa shape index (κ1) is 22.1. The van der Waals surface area contributed by atoms with Crippen LogP contribution in [0.3, 0.4) is 0 Å².